The van der Waals surface area contributed by atoms with E-state index >= 15 is 0 Å². The van der Waals surface area contributed by atoms with Gasteiger partial charge in [0, 0.05) is 13.2 Å². The molecule has 1 N–H and O–H groups in total. The number of amides is 1. The van der Waals surface area contributed by atoms with Crippen LogP contribution in [0.5, 0.6) is 0 Å². The maximum Gasteiger partial charge on any atom is 0.263 e. The first-order valence-corrected chi connectivity index (χ1v) is 6.93. The fourth-order valence-corrected chi connectivity index (χ4v) is 2.81. The van der Waals surface area contributed by atoms with E-state index in [0.717, 1.165) is 19.4 Å². The highest BCUT2D eigenvalue weighted by Gasteiger charge is 2.19. The van der Waals surface area contributed by atoms with Crippen LogP contribution in [-0.4, -0.2) is 45.4 Å². The highest BCUT2D eigenvalue weighted by molar-refractivity contribution is 7.12. The Hall–Kier alpha value is -1.80. The first-order valence-electron chi connectivity index (χ1n) is 6.05. The van der Waals surface area contributed by atoms with Crippen LogP contribution in [0.4, 0.5) is 0 Å². The summed E-state index contributed by atoms with van der Waals surface area (Å²) in [5, 5.41) is 15.7. The Balaban J connectivity index is 1.68. The van der Waals surface area contributed by atoms with Gasteiger partial charge in [-0.05, 0) is 34.7 Å². The van der Waals surface area contributed by atoms with Gasteiger partial charge in [0.2, 0.25) is 0 Å². The summed E-state index contributed by atoms with van der Waals surface area (Å²) in [7, 11) is 0. The number of thiophene rings is 1. The van der Waals surface area contributed by atoms with Crippen molar-refractivity contribution in [3.63, 3.8) is 0 Å². The number of tetrazole rings is 1. The summed E-state index contributed by atoms with van der Waals surface area (Å²) < 4.78 is 6.96. The zero-order valence-electron chi connectivity index (χ0n) is 10.2. The molecule has 1 aliphatic heterocycles. The Morgan fingerprint density at radius 2 is 2.58 bits per heavy atom. The first-order chi connectivity index (χ1) is 9.34. The van der Waals surface area contributed by atoms with Crippen molar-refractivity contribution in [1.82, 2.24) is 25.5 Å². The van der Waals surface area contributed by atoms with E-state index in [0.29, 0.717) is 17.1 Å². The van der Waals surface area contributed by atoms with Crippen LogP contribution in [0.15, 0.2) is 17.8 Å². The predicted octanol–water partition coefficient (Wildman–Crippen LogP) is 0.633. The van der Waals surface area contributed by atoms with Crippen molar-refractivity contribution < 1.29 is 9.53 Å². The summed E-state index contributed by atoms with van der Waals surface area (Å²) >= 11 is 1.37. The summed E-state index contributed by atoms with van der Waals surface area (Å²) in [6.07, 6.45) is 3.68. The maximum absolute atomic E-state index is 12.1. The monoisotopic (exact) mass is 279 g/mol. The third-order valence-corrected chi connectivity index (χ3v) is 3.86. The molecular formula is C11H13N5O2S. The maximum atomic E-state index is 12.1. The molecule has 0 aliphatic carbocycles. The molecule has 0 unspecified atom stereocenters. The summed E-state index contributed by atoms with van der Waals surface area (Å²) in [5.74, 6) is -0.115. The molecular weight excluding hydrogens is 266 g/mol. The molecule has 0 bridgehead atoms. The number of ether oxygens (including phenoxy) is 1. The van der Waals surface area contributed by atoms with Crippen molar-refractivity contribution >= 4 is 17.2 Å². The Morgan fingerprint density at radius 3 is 3.32 bits per heavy atom. The molecule has 100 valence electrons. The molecule has 2 aromatic rings. The second kappa shape index (κ2) is 5.45. The van der Waals surface area contributed by atoms with Gasteiger partial charge in [-0.2, -0.15) is 4.68 Å². The molecule has 3 heterocycles. The van der Waals surface area contributed by atoms with E-state index < -0.39 is 0 Å². The molecule has 0 spiro atoms. The average molecular weight is 279 g/mol. The minimum absolute atomic E-state index is 0.115. The number of hydrogen-bond donors (Lipinski definition) is 1. The third kappa shape index (κ3) is 2.64. The van der Waals surface area contributed by atoms with Gasteiger partial charge in [0.25, 0.3) is 5.91 Å². The largest absolute Gasteiger partial charge is 0.376 e. The minimum atomic E-state index is -0.115. The van der Waals surface area contributed by atoms with Gasteiger partial charge in [0.15, 0.2) is 0 Å². The van der Waals surface area contributed by atoms with Crippen molar-refractivity contribution in [2.45, 2.75) is 18.9 Å². The topological polar surface area (TPSA) is 81.9 Å². The average Bonchev–Trinajstić information content (AvgIpc) is 3.14. The molecule has 0 radical (unpaired) electrons. The SMILES string of the molecule is O=C(NC[C@H]1CCCO1)c1sccc1-n1cnnn1. The second-order valence-electron chi connectivity index (χ2n) is 4.23. The summed E-state index contributed by atoms with van der Waals surface area (Å²) in [6.45, 7) is 1.33. The van der Waals surface area contributed by atoms with Crippen molar-refractivity contribution in [2.75, 3.05) is 13.2 Å². The van der Waals surface area contributed by atoms with Gasteiger partial charge < -0.3 is 10.1 Å². The summed E-state index contributed by atoms with van der Waals surface area (Å²) in [4.78, 5) is 12.7. The fourth-order valence-electron chi connectivity index (χ4n) is 2.02. The molecule has 3 rings (SSSR count). The van der Waals surface area contributed by atoms with E-state index in [2.05, 4.69) is 20.8 Å². The smallest absolute Gasteiger partial charge is 0.263 e. The highest BCUT2D eigenvalue weighted by atomic mass is 32.1. The lowest BCUT2D eigenvalue weighted by Crippen LogP contribution is -2.31. The molecule has 0 aromatic carbocycles. The predicted molar refractivity (Wildman–Crippen MR) is 68.3 cm³/mol. The number of hydrogen-bond acceptors (Lipinski definition) is 6. The molecule has 1 atom stereocenters. The van der Waals surface area contributed by atoms with E-state index in [1.165, 1.54) is 22.3 Å². The number of rotatable bonds is 4. The van der Waals surface area contributed by atoms with Gasteiger partial charge in [-0.1, -0.05) is 0 Å². The fraction of sp³-hybridized carbons (Fsp3) is 0.455. The number of nitrogens with zero attached hydrogens (tertiary/aromatic N) is 4. The van der Waals surface area contributed by atoms with E-state index in [1.54, 1.807) is 0 Å². The van der Waals surface area contributed by atoms with Gasteiger partial charge in [0.1, 0.15) is 11.2 Å². The van der Waals surface area contributed by atoms with Crippen LogP contribution in [0.25, 0.3) is 5.69 Å². The zero-order valence-corrected chi connectivity index (χ0v) is 11.0. The standard InChI is InChI=1S/C11H13N5O2S/c17-11(12-6-8-2-1-4-18-8)10-9(3-5-19-10)16-7-13-14-15-16/h3,5,7-8H,1-2,4,6H2,(H,12,17)/t8-/m1/s1. The Labute approximate surface area is 113 Å². The molecule has 1 fully saturated rings. The van der Waals surface area contributed by atoms with Crippen molar-refractivity contribution in [2.24, 2.45) is 0 Å². The Morgan fingerprint density at radius 1 is 1.63 bits per heavy atom. The molecule has 1 aliphatic rings. The molecule has 2 aromatic heterocycles. The lowest BCUT2D eigenvalue weighted by molar-refractivity contribution is 0.0861. The Kier molecular flexibility index (Phi) is 3.51. The van der Waals surface area contributed by atoms with E-state index in [1.807, 2.05) is 11.4 Å². The summed E-state index contributed by atoms with van der Waals surface area (Å²) in [6, 6.07) is 1.82. The van der Waals surface area contributed by atoms with Crippen molar-refractivity contribution in [1.29, 1.82) is 0 Å². The van der Waals surface area contributed by atoms with Crippen LogP contribution >= 0.6 is 11.3 Å². The lowest BCUT2D eigenvalue weighted by Gasteiger charge is -2.10. The van der Waals surface area contributed by atoms with E-state index in [4.69, 9.17) is 4.74 Å². The van der Waals surface area contributed by atoms with Crippen LogP contribution in [0.2, 0.25) is 0 Å². The van der Waals surface area contributed by atoms with E-state index in [-0.39, 0.29) is 12.0 Å². The molecule has 8 heteroatoms. The quantitative estimate of drug-likeness (QED) is 0.887. The minimum Gasteiger partial charge on any atom is -0.376 e. The van der Waals surface area contributed by atoms with Gasteiger partial charge in [-0.3, -0.25) is 4.79 Å². The molecule has 19 heavy (non-hydrogen) atoms. The van der Waals surface area contributed by atoms with Gasteiger partial charge in [-0.25, -0.2) is 0 Å². The van der Waals surface area contributed by atoms with Crippen LogP contribution in [-0.2, 0) is 4.74 Å². The van der Waals surface area contributed by atoms with Gasteiger partial charge >= 0.3 is 0 Å². The zero-order chi connectivity index (χ0) is 13.1. The van der Waals surface area contributed by atoms with Crippen LogP contribution in [0.3, 0.4) is 0 Å². The van der Waals surface area contributed by atoms with Crippen molar-refractivity contribution in [3.8, 4) is 5.69 Å². The second-order valence-corrected chi connectivity index (χ2v) is 5.15. The molecule has 1 saturated heterocycles. The highest BCUT2D eigenvalue weighted by Crippen LogP contribution is 2.20. The third-order valence-electron chi connectivity index (χ3n) is 2.96. The van der Waals surface area contributed by atoms with Crippen molar-refractivity contribution in [3.05, 3.63) is 22.7 Å². The van der Waals surface area contributed by atoms with Crippen LogP contribution in [0, 0.1) is 0 Å². The first kappa shape index (κ1) is 12.2. The molecule has 0 saturated carbocycles. The van der Waals surface area contributed by atoms with Crippen LogP contribution < -0.4 is 5.32 Å². The number of carbonyl (C=O) groups excluding carboxylic acids is 1. The van der Waals surface area contributed by atoms with E-state index in [9.17, 15) is 4.79 Å². The number of carbonyl (C=O) groups is 1. The number of aromatic nitrogens is 4. The lowest BCUT2D eigenvalue weighted by atomic mass is 10.2. The van der Waals surface area contributed by atoms with Crippen LogP contribution in [0.1, 0.15) is 22.5 Å². The van der Waals surface area contributed by atoms with Gasteiger partial charge in [-0.15, -0.1) is 16.4 Å². The Bertz CT molecular complexity index is 547. The normalized spacial score (nSPS) is 18.6. The van der Waals surface area contributed by atoms with Gasteiger partial charge in [0.05, 0.1) is 11.8 Å². The molecule has 7 nitrogen and oxygen atoms in total. The number of nitrogens with one attached hydrogen (secondary N) is 1. The molecule has 1 amide bonds. The summed E-state index contributed by atoms with van der Waals surface area (Å²) in [5.41, 5.74) is 0.694.